The lowest BCUT2D eigenvalue weighted by molar-refractivity contribution is -0.193. The first kappa shape index (κ1) is 48.4. The van der Waals surface area contributed by atoms with Gasteiger partial charge in [0, 0.05) is 77.7 Å². The number of nitrogens with one attached hydrogen (secondary N) is 2. The number of carbonyl (C=O) groups excluding carboxylic acids is 2. The number of fused-ring (bicyclic) bond motifs is 2. The zero-order chi connectivity index (χ0) is 44.3. The third kappa shape index (κ3) is 10.9. The van der Waals surface area contributed by atoms with Crippen LogP contribution < -0.4 is 10.6 Å². The van der Waals surface area contributed by atoms with Gasteiger partial charge in [-0.2, -0.15) is 5.06 Å². The molecule has 2 bridgehead atoms. The molecule has 1 heterocycles. The molecule has 1 aliphatic heterocycles. The van der Waals surface area contributed by atoms with E-state index in [0.29, 0.717) is 48.1 Å². The van der Waals surface area contributed by atoms with Crippen molar-refractivity contribution in [3.8, 4) is 0 Å². The first-order valence-electron chi connectivity index (χ1n) is 24.4. The highest BCUT2D eigenvalue weighted by Crippen LogP contribution is 2.61. The lowest BCUT2D eigenvalue weighted by Crippen LogP contribution is -2.62. The molecule has 7 rings (SSSR count). The Labute approximate surface area is 369 Å². The van der Waals surface area contributed by atoms with Crippen LogP contribution in [0.5, 0.6) is 0 Å². The predicted molar refractivity (Wildman–Crippen MR) is 241 cm³/mol. The Morgan fingerprint density at radius 2 is 1.64 bits per heavy atom. The van der Waals surface area contributed by atoms with Gasteiger partial charge in [-0.1, -0.05) is 59.3 Å². The van der Waals surface area contributed by atoms with Crippen LogP contribution in [0.4, 0.5) is 0 Å². The second kappa shape index (κ2) is 20.9. The van der Waals surface area contributed by atoms with Crippen LogP contribution >= 0.6 is 0 Å². The summed E-state index contributed by atoms with van der Waals surface area (Å²) in [6.45, 7) is 9.50. The van der Waals surface area contributed by atoms with E-state index < -0.39 is 24.2 Å². The first-order chi connectivity index (χ1) is 28.9. The number of methoxy groups -OCH3 is 1. The molecule has 6 aliphatic carbocycles. The number of aliphatic hydroxyl groups excluding tert-OH is 2. The molecule has 2 amide bonds. The van der Waals surface area contributed by atoms with Crippen LogP contribution in [0.1, 0.15) is 118 Å². The van der Waals surface area contributed by atoms with E-state index in [-0.39, 0.29) is 60.4 Å². The molecule has 7 aliphatic rings. The van der Waals surface area contributed by atoms with Crippen LogP contribution in [-0.4, -0.2) is 159 Å². The normalized spacial score (nSPS) is 37.6. The molecule has 0 aromatic carbocycles. The number of carbonyl (C=O) groups is 2. The average molecular weight is 858 g/mol. The van der Waals surface area contributed by atoms with Gasteiger partial charge in [0.1, 0.15) is 12.1 Å². The van der Waals surface area contributed by atoms with E-state index in [4.69, 9.17) is 14.6 Å². The van der Waals surface area contributed by atoms with Crippen LogP contribution in [0.25, 0.3) is 0 Å². The van der Waals surface area contributed by atoms with E-state index in [9.17, 15) is 19.8 Å². The Morgan fingerprint density at radius 3 is 2.23 bits per heavy atom. The summed E-state index contributed by atoms with van der Waals surface area (Å²) < 4.78 is 6.49. The maximum Gasteiger partial charge on any atom is 0.240 e. The quantitative estimate of drug-likeness (QED) is 0.133. The number of hydroxylamine groups is 2. The minimum atomic E-state index is -0.836. The molecule has 61 heavy (non-hydrogen) atoms. The van der Waals surface area contributed by atoms with Gasteiger partial charge in [0.15, 0.2) is 5.96 Å². The van der Waals surface area contributed by atoms with Crippen LogP contribution in [-0.2, 0) is 19.2 Å². The van der Waals surface area contributed by atoms with Crippen molar-refractivity contribution in [2.75, 3.05) is 69.1 Å². The van der Waals surface area contributed by atoms with E-state index in [1.165, 1.54) is 38.5 Å². The Hall–Kier alpha value is -2.03. The summed E-state index contributed by atoms with van der Waals surface area (Å²) in [5, 5.41) is 30.4. The molecule has 13 heteroatoms. The maximum atomic E-state index is 14.5. The van der Waals surface area contributed by atoms with Gasteiger partial charge in [0.05, 0.1) is 25.4 Å². The highest BCUT2D eigenvalue weighted by molar-refractivity contribution is 5.83. The Bertz CT molecular complexity index is 1460. The molecule has 7 fully saturated rings. The Kier molecular flexibility index (Phi) is 16.6. The second-order valence-corrected chi connectivity index (χ2v) is 22.0. The van der Waals surface area contributed by atoms with Crippen molar-refractivity contribution in [2.24, 2.45) is 63.7 Å². The number of aliphatic imine (C=N–C) groups is 1. The van der Waals surface area contributed by atoms with Gasteiger partial charge in [-0.15, -0.1) is 0 Å². The Morgan fingerprint density at radius 1 is 0.934 bits per heavy atom. The van der Waals surface area contributed by atoms with Gasteiger partial charge in [-0.25, -0.2) is 0 Å². The molecule has 15 atom stereocenters. The van der Waals surface area contributed by atoms with E-state index in [0.717, 1.165) is 57.3 Å². The summed E-state index contributed by atoms with van der Waals surface area (Å²) in [5.74, 6) is 3.12. The molecule has 0 aromatic rings. The third-order valence-corrected chi connectivity index (χ3v) is 17.1. The molecule has 13 nitrogen and oxygen atoms in total. The minimum Gasteiger partial charge on any atom is -0.394 e. The second-order valence-electron chi connectivity index (χ2n) is 22.0. The molecule has 1 saturated heterocycles. The molecule has 0 radical (unpaired) electrons. The molecule has 4 N–H and O–H groups in total. The van der Waals surface area contributed by atoms with Gasteiger partial charge in [-0.05, 0) is 113 Å². The van der Waals surface area contributed by atoms with E-state index in [1.807, 2.05) is 45.1 Å². The third-order valence-electron chi connectivity index (χ3n) is 17.1. The highest BCUT2D eigenvalue weighted by Gasteiger charge is 2.58. The number of hydrogen-bond donors (Lipinski definition) is 4. The molecular weight excluding hydrogens is 771 g/mol. The van der Waals surface area contributed by atoms with Crippen molar-refractivity contribution in [1.29, 1.82) is 0 Å². The summed E-state index contributed by atoms with van der Waals surface area (Å²) in [5.41, 5.74) is 0.308. The zero-order valence-corrected chi connectivity index (χ0v) is 40.0. The molecule has 350 valence electrons. The lowest BCUT2D eigenvalue weighted by atomic mass is 9.45. The first-order valence-corrected chi connectivity index (χ1v) is 24.4. The fraction of sp³-hybridized carbons (Fsp3) is 0.938. The largest absolute Gasteiger partial charge is 0.394 e. The molecule has 0 spiro atoms. The van der Waals surface area contributed by atoms with Gasteiger partial charge in [-0.3, -0.25) is 19.4 Å². The zero-order valence-electron chi connectivity index (χ0n) is 40.0. The van der Waals surface area contributed by atoms with Gasteiger partial charge >= 0.3 is 0 Å². The van der Waals surface area contributed by atoms with Crippen LogP contribution in [0.2, 0.25) is 0 Å². The van der Waals surface area contributed by atoms with Gasteiger partial charge in [0.2, 0.25) is 11.8 Å². The van der Waals surface area contributed by atoms with Crippen LogP contribution in [0, 0.1) is 58.7 Å². The average Bonchev–Trinajstić information content (AvgIpc) is 3.59. The monoisotopic (exact) mass is 858 g/mol. The topological polar surface area (TPSA) is 142 Å². The van der Waals surface area contributed by atoms with Gasteiger partial charge in [0.25, 0.3) is 0 Å². The lowest BCUT2D eigenvalue weighted by Gasteiger charge is -2.62. The summed E-state index contributed by atoms with van der Waals surface area (Å²) in [4.78, 5) is 46.9. The van der Waals surface area contributed by atoms with Crippen molar-refractivity contribution in [2.45, 2.75) is 160 Å². The standard InChI is InChI=1S/C48H87N7O6/c1-29-39-24-35(48(39,3)4)25-40(29)51-46(59)43-42(30(2)57)41(28-56)61-55(43)27-32-18-15-19-38(44(32)60-11)33-21-34(23-37(22-33)52(5)6)45(58)50-36(20-31-16-13-12-14-17-31)26-49-47(53(7)8)54(9)10/h29-44,56-57H,12-28H2,1-11H3,(H,50,58)(H,51,59)/t29-,30-,32?,33?,34?,35+,36-,37?,38?,39-,40+,41-,42+,43-,44?/m0/s1. The van der Waals surface area contributed by atoms with Crippen LogP contribution in [0.3, 0.4) is 0 Å². The smallest absolute Gasteiger partial charge is 0.240 e. The summed E-state index contributed by atoms with van der Waals surface area (Å²) in [6, 6.07) is -0.356. The number of nitrogens with zero attached hydrogens (tertiary/aromatic N) is 5. The molecular formula is C48H87N7O6. The van der Waals surface area contributed by atoms with Crippen LogP contribution in [0.15, 0.2) is 4.99 Å². The fourth-order valence-corrected chi connectivity index (χ4v) is 13.6. The van der Waals surface area contributed by atoms with E-state index >= 15 is 0 Å². The van der Waals surface area contributed by atoms with Crippen molar-refractivity contribution in [1.82, 2.24) is 30.4 Å². The summed E-state index contributed by atoms with van der Waals surface area (Å²) in [7, 11) is 14.2. The predicted octanol–water partition coefficient (Wildman–Crippen LogP) is 4.86. The SMILES string of the molecule is COC1C(CN2O[C@@H](CO)[C@@H]([C@H](C)O)[C@H]2C(=O)N[C@@H]2C[C@H]3C[C@@H]([C@@H]2C)C3(C)C)CCCC1C1CC(C(=O)N[C@H](CN=C(N(C)C)N(C)C)CC2CCCCC2)CC(N(C)C)C1. The van der Waals surface area contributed by atoms with E-state index in [1.54, 1.807) is 12.0 Å². The summed E-state index contributed by atoms with van der Waals surface area (Å²) >= 11 is 0. The number of rotatable bonds is 15. The van der Waals surface area contributed by atoms with E-state index in [2.05, 4.69) is 50.4 Å². The minimum absolute atomic E-state index is 0.00727. The van der Waals surface area contributed by atoms with Crippen molar-refractivity contribution < 1.29 is 29.4 Å². The number of ether oxygens (including phenoxy) is 1. The number of guanidine groups is 1. The molecule has 0 aromatic heterocycles. The highest BCUT2D eigenvalue weighted by atomic mass is 16.7. The molecule has 6 unspecified atom stereocenters. The summed E-state index contributed by atoms with van der Waals surface area (Å²) in [6.07, 6.45) is 13.6. The van der Waals surface area contributed by atoms with Crippen molar-refractivity contribution >= 4 is 17.8 Å². The Balaban J connectivity index is 1.17. The van der Waals surface area contributed by atoms with Crippen molar-refractivity contribution in [3.05, 3.63) is 0 Å². The molecule has 6 saturated carbocycles. The fourth-order valence-electron chi connectivity index (χ4n) is 13.6. The van der Waals surface area contributed by atoms with Gasteiger partial charge < -0.3 is 40.3 Å². The maximum absolute atomic E-state index is 14.5. The van der Waals surface area contributed by atoms with Crippen molar-refractivity contribution in [3.63, 3.8) is 0 Å². The number of amides is 2. The number of hydrogen-bond acceptors (Lipinski definition) is 9. The number of aliphatic hydroxyl groups is 2.